The minimum Gasteiger partial charge on any atom is -0.390 e. The highest BCUT2D eigenvalue weighted by Crippen LogP contribution is 2.32. The number of rotatable bonds is 2. The monoisotopic (exact) mass is 268 g/mol. The predicted molar refractivity (Wildman–Crippen MR) is 65.2 cm³/mol. The molecule has 0 amide bonds. The summed E-state index contributed by atoms with van der Waals surface area (Å²) >= 11 is 5.94. The lowest BCUT2D eigenvalue weighted by Gasteiger charge is -2.13. The van der Waals surface area contributed by atoms with Gasteiger partial charge in [0, 0.05) is 6.42 Å². The van der Waals surface area contributed by atoms with Crippen LogP contribution in [0.3, 0.4) is 0 Å². The van der Waals surface area contributed by atoms with Crippen molar-refractivity contribution in [1.82, 2.24) is 19.5 Å². The Kier molecular flexibility index (Phi) is 2.93. The fourth-order valence-corrected chi connectivity index (χ4v) is 2.46. The molecule has 3 rings (SSSR count). The van der Waals surface area contributed by atoms with E-state index in [0.717, 1.165) is 6.42 Å². The third-order valence-corrected chi connectivity index (χ3v) is 3.51. The second kappa shape index (κ2) is 4.46. The number of nitrogens with zero attached hydrogens (tertiary/aromatic N) is 4. The Bertz CT molecular complexity index is 573. The quantitative estimate of drug-likeness (QED) is 0.837. The minimum absolute atomic E-state index is 0.134. The van der Waals surface area contributed by atoms with Crippen LogP contribution in [0, 0.1) is 0 Å². The van der Waals surface area contributed by atoms with Crippen LogP contribution in [0.5, 0.6) is 0 Å². The zero-order valence-corrected chi connectivity index (χ0v) is 10.6. The number of ether oxygens (including phenoxy) is 1. The zero-order valence-electron chi connectivity index (χ0n) is 9.82. The molecule has 0 radical (unpaired) electrons. The zero-order chi connectivity index (χ0) is 12.7. The molecular formula is C11H13ClN4O2. The number of aromatic nitrogens is 4. The highest BCUT2D eigenvalue weighted by atomic mass is 35.5. The fraction of sp³-hybridized carbons (Fsp3) is 0.545. The lowest BCUT2D eigenvalue weighted by atomic mass is 10.1. The lowest BCUT2D eigenvalue weighted by Crippen LogP contribution is -2.19. The van der Waals surface area contributed by atoms with Crippen molar-refractivity contribution in [3.63, 3.8) is 0 Å². The second-order valence-corrected chi connectivity index (χ2v) is 4.69. The van der Waals surface area contributed by atoms with Crippen molar-refractivity contribution >= 4 is 22.8 Å². The smallest absolute Gasteiger partial charge is 0.166 e. The van der Waals surface area contributed by atoms with Crippen LogP contribution < -0.4 is 0 Å². The van der Waals surface area contributed by atoms with Crippen molar-refractivity contribution in [3.8, 4) is 0 Å². The largest absolute Gasteiger partial charge is 0.390 e. The summed E-state index contributed by atoms with van der Waals surface area (Å²) in [5, 5.41) is 10.2. The molecule has 0 bridgehead atoms. The van der Waals surface area contributed by atoms with Gasteiger partial charge >= 0.3 is 0 Å². The number of imidazole rings is 1. The maximum atomic E-state index is 9.87. The van der Waals surface area contributed by atoms with E-state index in [1.807, 2.05) is 6.92 Å². The predicted octanol–water partition coefficient (Wildman–Crippen LogP) is 1.54. The molecule has 96 valence electrons. The van der Waals surface area contributed by atoms with Crippen LogP contribution in [0.15, 0.2) is 12.7 Å². The number of hydrogen-bond donors (Lipinski definition) is 1. The molecule has 0 aliphatic carbocycles. The van der Waals surface area contributed by atoms with E-state index < -0.39 is 6.10 Å². The Morgan fingerprint density at radius 1 is 1.50 bits per heavy atom. The van der Waals surface area contributed by atoms with E-state index in [4.69, 9.17) is 16.3 Å². The van der Waals surface area contributed by atoms with Crippen molar-refractivity contribution in [1.29, 1.82) is 0 Å². The summed E-state index contributed by atoms with van der Waals surface area (Å²) in [7, 11) is 0. The van der Waals surface area contributed by atoms with Gasteiger partial charge in [-0.15, -0.1) is 0 Å². The Balaban J connectivity index is 1.99. The number of aliphatic hydroxyl groups is 1. The Morgan fingerprint density at radius 3 is 3.06 bits per heavy atom. The van der Waals surface area contributed by atoms with E-state index in [1.54, 1.807) is 10.9 Å². The molecule has 3 atom stereocenters. The summed E-state index contributed by atoms with van der Waals surface area (Å²) in [6.07, 6.45) is 3.50. The molecule has 6 nitrogen and oxygen atoms in total. The van der Waals surface area contributed by atoms with Crippen molar-refractivity contribution in [2.24, 2.45) is 0 Å². The molecular weight excluding hydrogens is 256 g/mol. The van der Waals surface area contributed by atoms with Crippen molar-refractivity contribution in [2.45, 2.75) is 38.2 Å². The van der Waals surface area contributed by atoms with Crippen molar-refractivity contribution in [3.05, 3.63) is 17.8 Å². The highest BCUT2D eigenvalue weighted by Gasteiger charge is 2.34. The molecule has 1 fully saturated rings. The first-order valence-electron chi connectivity index (χ1n) is 5.87. The number of fused-ring (bicyclic) bond motifs is 1. The van der Waals surface area contributed by atoms with Crippen LogP contribution in [0.2, 0.25) is 5.15 Å². The molecule has 1 aliphatic heterocycles. The summed E-state index contributed by atoms with van der Waals surface area (Å²) in [5.41, 5.74) is 1.18. The molecule has 1 saturated heterocycles. The van der Waals surface area contributed by atoms with Gasteiger partial charge < -0.3 is 9.84 Å². The number of hydrogen-bond acceptors (Lipinski definition) is 5. The molecule has 0 spiro atoms. The van der Waals surface area contributed by atoms with Gasteiger partial charge in [0.2, 0.25) is 0 Å². The third kappa shape index (κ3) is 1.77. The Hall–Kier alpha value is -1.24. The molecule has 3 heterocycles. The SMILES string of the molecule is CCC1O[C@@H](n2cnc3c(Cl)ncnc32)C[C@H]1O. The fourth-order valence-electron chi connectivity index (χ4n) is 2.29. The Morgan fingerprint density at radius 2 is 2.33 bits per heavy atom. The maximum absolute atomic E-state index is 9.87. The summed E-state index contributed by atoms with van der Waals surface area (Å²) in [4.78, 5) is 12.2. The molecule has 1 aliphatic rings. The van der Waals surface area contributed by atoms with Gasteiger partial charge in [0.25, 0.3) is 0 Å². The topological polar surface area (TPSA) is 73.1 Å². The van der Waals surface area contributed by atoms with Crippen LogP contribution >= 0.6 is 11.6 Å². The highest BCUT2D eigenvalue weighted by molar-refractivity contribution is 6.33. The molecule has 2 aromatic heterocycles. The average Bonchev–Trinajstić information content (AvgIpc) is 2.93. The average molecular weight is 269 g/mol. The minimum atomic E-state index is -0.449. The molecule has 7 heteroatoms. The number of halogens is 1. The molecule has 2 aromatic rings. The van der Waals surface area contributed by atoms with Crippen LogP contribution in [0.25, 0.3) is 11.2 Å². The molecule has 0 aromatic carbocycles. The van der Waals surface area contributed by atoms with E-state index in [1.165, 1.54) is 6.33 Å². The van der Waals surface area contributed by atoms with Gasteiger partial charge in [-0.25, -0.2) is 15.0 Å². The van der Waals surface area contributed by atoms with Gasteiger partial charge in [-0.2, -0.15) is 0 Å². The van der Waals surface area contributed by atoms with Crippen molar-refractivity contribution < 1.29 is 9.84 Å². The van der Waals surface area contributed by atoms with Crippen LogP contribution in [0.4, 0.5) is 0 Å². The summed E-state index contributed by atoms with van der Waals surface area (Å²) < 4.78 is 7.58. The van der Waals surface area contributed by atoms with Crippen LogP contribution in [-0.4, -0.2) is 36.8 Å². The second-order valence-electron chi connectivity index (χ2n) is 4.33. The van der Waals surface area contributed by atoms with Crippen LogP contribution in [-0.2, 0) is 4.74 Å². The van der Waals surface area contributed by atoms with Gasteiger partial charge in [0.15, 0.2) is 10.8 Å². The standard InChI is InChI=1S/C11H13ClN4O2/c1-2-7-6(17)3-8(18-7)16-5-15-9-10(12)13-4-14-11(9)16/h4-8,17H,2-3H2,1H3/t6-,7?,8-/m1/s1. The van der Waals surface area contributed by atoms with E-state index >= 15 is 0 Å². The van der Waals surface area contributed by atoms with Gasteiger partial charge in [0.1, 0.15) is 18.1 Å². The molecule has 18 heavy (non-hydrogen) atoms. The molecule has 1 N–H and O–H groups in total. The van der Waals surface area contributed by atoms with Gasteiger partial charge in [0.05, 0.1) is 18.5 Å². The number of aliphatic hydroxyl groups excluding tert-OH is 1. The van der Waals surface area contributed by atoms with E-state index in [-0.39, 0.29) is 12.3 Å². The molecule has 1 unspecified atom stereocenters. The first kappa shape index (κ1) is 11.8. The summed E-state index contributed by atoms with van der Waals surface area (Å²) in [6, 6.07) is 0. The molecule has 0 saturated carbocycles. The van der Waals surface area contributed by atoms with E-state index in [0.29, 0.717) is 22.7 Å². The Labute approximate surface area is 109 Å². The van der Waals surface area contributed by atoms with E-state index in [9.17, 15) is 5.11 Å². The lowest BCUT2D eigenvalue weighted by molar-refractivity contribution is -0.0183. The van der Waals surface area contributed by atoms with Gasteiger partial charge in [-0.05, 0) is 6.42 Å². The summed E-state index contributed by atoms with van der Waals surface area (Å²) in [6.45, 7) is 1.99. The van der Waals surface area contributed by atoms with Crippen molar-refractivity contribution in [2.75, 3.05) is 0 Å². The third-order valence-electron chi connectivity index (χ3n) is 3.23. The summed E-state index contributed by atoms with van der Waals surface area (Å²) in [5.74, 6) is 0. The maximum Gasteiger partial charge on any atom is 0.166 e. The first-order valence-corrected chi connectivity index (χ1v) is 6.25. The van der Waals surface area contributed by atoms with Gasteiger partial charge in [-0.1, -0.05) is 18.5 Å². The van der Waals surface area contributed by atoms with Gasteiger partial charge in [-0.3, -0.25) is 4.57 Å². The van der Waals surface area contributed by atoms with Crippen LogP contribution in [0.1, 0.15) is 26.0 Å². The normalized spacial score (nSPS) is 28.1. The first-order chi connectivity index (χ1) is 8.70. The van der Waals surface area contributed by atoms with E-state index in [2.05, 4.69) is 15.0 Å².